The second-order valence-electron chi connectivity index (χ2n) is 2.82. The van der Waals surface area contributed by atoms with E-state index in [0.29, 0.717) is 13.1 Å². The summed E-state index contributed by atoms with van der Waals surface area (Å²) in [6, 6.07) is 0. The molecule has 0 aliphatic carbocycles. The summed E-state index contributed by atoms with van der Waals surface area (Å²) in [6.07, 6.45) is -1.13. The number of likely N-dealkylation sites (tertiary alicyclic amines) is 1. The molecular formula is C7H11NO5. The highest BCUT2D eigenvalue weighted by Gasteiger charge is 2.30. The molecule has 1 rings (SSSR count). The minimum absolute atomic E-state index is 0.0381. The first-order valence-corrected chi connectivity index (χ1v) is 3.91. The highest BCUT2D eigenvalue weighted by Crippen LogP contribution is 2.11. The molecule has 0 unspecified atom stereocenters. The first-order valence-electron chi connectivity index (χ1n) is 3.91. The molecule has 0 radical (unpaired) electrons. The second kappa shape index (κ2) is 4.08. The smallest absolute Gasteiger partial charge is 0.407 e. The summed E-state index contributed by atoms with van der Waals surface area (Å²) in [7, 11) is 0. The standard InChI is InChI=1S/C7H11NO5/c9-6(10)1-2-13-5-3-8(4-5)7(11)12/h5H,1-4H2,(H,9,10)(H,11,12). The van der Waals surface area contributed by atoms with Crippen molar-refractivity contribution in [3.8, 4) is 0 Å². The molecular weight excluding hydrogens is 178 g/mol. The lowest BCUT2D eigenvalue weighted by Crippen LogP contribution is -2.54. The number of carboxylic acid groups (broad SMARTS) is 2. The number of nitrogens with zero attached hydrogens (tertiary/aromatic N) is 1. The molecule has 74 valence electrons. The van der Waals surface area contributed by atoms with Crippen LogP contribution in [0.3, 0.4) is 0 Å². The molecule has 6 heteroatoms. The third-order valence-corrected chi connectivity index (χ3v) is 1.79. The third-order valence-electron chi connectivity index (χ3n) is 1.79. The van der Waals surface area contributed by atoms with Crippen molar-refractivity contribution in [2.45, 2.75) is 12.5 Å². The Morgan fingerprint density at radius 1 is 1.38 bits per heavy atom. The van der Waals surface area contributed by atoms with Gasteiger partial charge in [-0.1, -0.05) is 0 Å². The molecule has 1 aliphatic rings. The van der Waals surface area contributed by atoms with Crippen LogP contribution in [0, 0.1) is 0 Å². The minimum Gasteiger partial charge on any atom is -0.481 e. The van der Waals surface area contributed by atoms with Crippen molar-refractivity contribution in [3.63, 3.8) is 0 Å². The summed E-state index contributed by atoms with van der Waals surface area (Å²) in [5.74, 6) is -0.908. The Morgan fingerprint density at radius 2 is 2.00 bits per heavy atom. The molecule has 2 N–H and O–H groups in total. The van der Waals surface area contributed by atoms with Crippen molar-refractivity contribution >= 4 is 12.1 Å². The SMILES string of the molecule is O=C(O)CCOC1CN(C(=O)O)C1. The number of aliphatic carboxylic acids is 1. The first kappa shape index (κ1) is 9.79. The third kappa shape index (κ3) is 2.90. The predicted octanol–water partition coefficient (Wildman–Crippen LogP) is -0.160. The van der Waals surface area contributed by atoms with Crippen molar-refractivity contribution < 1.29 is 24.5 Å². The summed E-state index contributed by atoms with van der Waals surface area (Å²) in [6.45, 7) is 0.831. The van der Waals surface area contributed by atoms with Crippen molar-refractivity contribution in [1.82, 2.24) is 4.90 Å². The van der Waals surface area contributed by atoms with Gasteiger partial charge in [0.05, 0.1) is 32.2 Å². The zero-order valence-corrected chi connectivity index (χ0v) is 6.97. The normalized spacial score (nSPS) is 16.8. The summed E-state index contributed by atoms with van der Waals surface area (Å²) >= 11 is 0. The minimum atomic E-state index is -0.960. The number of amides is 1. The lowest BCUT2D eigenvalue weighted by molar-refractivity contribution is -0.139. The van der Waals surface area contributed by atoms with E-state index in [-0.39, 0.29) is 19.1 Å². The number of hydrogen-bond acceptors (Lipinski definition) is 3. The molecule has 0 aromatic heterocycles. The van der Waals surface area contributed by atoms with Crippen molar-refractivity contribution in [3.05, 3.63) is 0 Å². The zero-order valence-electron chi connectivity index (χ0n) is 6.97. The highest BCUT2D eigenvalue weighted by molar-refractivity contribution is 5.67. The van der Waals surface area contributed by atoms with Crippen LogP contribution in [-0.2, 0) is 9.53 Å². The first-order chi connectivity index (χ1) is 6.09. The van der Waals surface area contributed by atoms with Gasteiger partial charge in [0.25, 0.3) is 0 Å². The monoisotopic (exact) mass is 189 g/mol. The Hall–Kier alpha value is -1.30. The van der Waals surface area contributed by atoms with E-state index in [0.717, 1.165) is 0 Å². The van der Waals surface area contributed by atoms with Gasteiger partial charge in [-0.05, 0) is 0 Å². The van der Waals surface area contributed by atoms with E-state index < -0.39 is 12.1 Å². The molecule has 1 aliphatic heterocycles. The van der Waals surface area contributed by atoms with Gasteiger partial charge < -0.3 is 19.8 Å². The Kier molecular flexibility index (Phi) is 3.07. The largest absolute Gasteiger partial charge is 0.481 e. The second-order valence-corrected chi connectivity index (χ2v) is 2.82. The fraction of sp³-hybridized carbons (Fsp3) is 0.714. The van der Waals surface area contributed by atoms with Gasteiger partial charge in [0.2, 0.25) is 0 Å². The van der Waals surface area contributed by atoms with Gasteiger partial charge in [0.15, 0.2) is 0 Å². The highest BCUT2D eigenvalue weighted by atomic mass is 16.5. The summed E-state index contributed by atoms with van der Waals surface area (Å²) in [5.41, 5.74) is 0. The quantitative estimate of drug-likeness (QED) is 0.641. The molecule has 0 atom stereocenters. The van der Waals surface area contributed by atoms with Gasteiger partial charge in [-0.3, -0.25) is 4.79 Å². The van der Waals surface area contributed by atoms with Gasteiger partial charge in [0.1, 0.15) is 0 Å². The number of carbonyl (C=O) groups is 2. The van der Waals surface area contributed by atoms with Crippen LogP contribution < -0.4 is 0 Å². The van der Waals surface area contributed by atoms with Crippen LogP contribution in [0.25, 0.3) is 0 Å². The van der Waals surface area contributed by atoms with E-state index >= 15 is 0 Å². The van der Waals surface area contributed by atoms with Crippen LogP contribution in [0.15, 0.2) is 0 Å². The molecule has 0 aromatic rings. The van der Waals surface area contributed by atoms with E-state index in [2.05, 4.69) is 0 Å². The molecule has 1 saturated heterocycles. The van der Waals surface area contributed by atoms with Crippen LogP contribution in [0.4, 0.5) is 4.79 Å². The van der Waals surface area contributed by atoms with Crippen molar-refractivity contribution in [2.24, 2.45) is 0 Å². The Labute approximate surface area is 74.7 Å². The molecule has 6 nitrogen and oxygen atoms in total. The molecule has 0 saturated carbocycles. The average molecular weight is 189 g/mol. The zero-order chi connectivity index (χ0) is 9.84. The van der Waals surface area contributed by atoms with E-state index in [1.807, 2.05) is 0 Å². The van der Waals surface area contributed by atoms with Gasteiger partial charge in [0, 0.05) is 0 Å². The fourth-order valence-corrected chi connectivity index (χ4v) is 1.01. The topological polar surface area (TPSA) is 87.1 Å². The van der Waals surface area contributed by atoms with Gasteiger partial charge in [-0.25, -0.2) is 4.79 Å². The maximum absolute atomic E-state index is 10.3. The van der Waals surface area contributed by atoms with Gasteiger partial charge in [-0.15, -0.1) is 0 Å². The predicted molar refractivity (Wildman–Crippen MR) is 41.6 cm³/mol. The van der Waals surface area contributed by atoms with Crippen LogP contribution in [0.1, 0.15) is 6.42 Å². The Balaban J connectivity index is 2.02. The Bertz CT molecular complexity index is 211. The van der Waals surface area contributed by atoms with Crippen molar-refractivity contribution in [2.75, 3.05) is 19.7 Å². The number of carboxylic acids is 1. The average Bonchev–Trinajstić information content (AvgIpc) is 1.92. The number of rotatable bonds is 4. The van der Waals surface area contributed by atoms with Crippen LogP contribution >= 0.6 is 0 Å². The fourth-order valence-electron chi connectivity index (χ4n) is 1.01. The molecule has 1 amide bonds. The van der Waals surface area contributed by atoms with E-state index in [9.17, 15) is 9.59 Å². The molecule has 0 aromatic carbocycles. The van der Waals surface area contributed by atoms with Crippen LogP contribution in [0.5, 0.6) is 0 Å². The molecule has 0 bridgehead atoms. The van der Waals surface area contributed by atoms with Gasteiger partial charge >= 0.3 is 12.1 Å². The van der Waals surface area contributed by atoms with E-state index in [4.69, 9.17) is 14.9 Å². The molecule has 1 fully saturated rings. The maximum atomic E-state index is 10.3. The summed E-state index contributed by atoms with van der Waals surface area (Å²) in [4.78, 5) is 21.6. The van der Waals surface area contributed by atoms with Crippen LogP contribution in [0.2, 0.25) is 0 Å². The number of ether oxygens (including phenoxy) is 1. The number of hydrogen-bond donors (Lipinski definition) is 2. The van der Waals surface area contributed by atoms with E-state index in [1.54, 1.807) is 0 Å². The molecule has 1 heterocycles. The lowest BCUT2D eigenvalue weighted by Gasteiger charge is -2.36. The van der Waals surface area contributed by atoms with Crippen molar-refractivity contribution in [1.29, 1.82) is 0 Å². The lowest BCUT2D eigenvalue weighted by atomic mass is 10.2. The summed E-state index contributed by atoms with van der Waals surface area (Å²) < 4.78 is 5.08. The van der Waals surface area contributed by atoms with Gasteiger partial charge in [-0.2, -0.15) is 0 Å². The Morgan fingerprint density at radius 3 is 2.46 bits per heavy atom. The molecule has 13 heavy (non-hydrogen) atoms. The maximum Gasteiger partial charge on any atom is 0.407 e. The molecule has 0 spiro atoms. The van der Waals surface area contributed by atoms with Crippen LogP contribution in [-0.4, -0.2) is 53.0 Å². The van der Waals surface area contributed by atoms with E-state index in [1.165, 1.54) is 4.90 Å². The summed E-state index contributed by atoms with van der Waals surface area (Å²) in [5, 5.41) is 16.7.